The summed E-state index contributed by atoms with van der Waals surface area (Å²) in [6.45, 7) is 5.77. The Kier molecular flexibility index (Phi) is 5.39. The Morgan fingerprint density at radius 2 is 1.83 bits per heavy atom. The van der Waals surface area contributed by atoms with Crippen LogP contribution in [-0.2, 0) is 4.79 Å². The van der Waals surface area contributed by atoms with Crippen LogP contribution >= 0.6 is 11.8 Å². The lowest BCUT2D eigenvalue weighted by molar-refractivity contribution is -0.384. The highest BCUT2D eigenvalue weighted by molar-refractivity contribution is 8.00. The van der Waals surface area contributed by atoms with Gasteiger partial charge in [-0.25, -0.2) is 0 Å². The fourth-order valence-corrected chi connectivity index (χ4v) is 2.96. The number of carbonyl (C=O) groups excluding carboxylic acids is 1. The van der Waals surface area contributed by atoms with Gasteiger partial charge in [-0.1, -0.05) is 17.7 Å². The normalized spacial score (nSPS) is 11.8. The zero-order valence-corrected chi connectivity index (χ0v) is 14.0. The number of carbonyl (C=O) groups is 1. The number of benzene rings is 2. The Balaban J connectivity index is 2.00. The summed E-state index contributed by atoms with van der Waals surface area (Å²) in [5, 5.41) is 13.2. The lowest BCUT2D eigenvalue weighted by Crippen LogP contribution is -2.22. The lowest BCUT2D eigenvalue weighted by Gasteiger charge is -2.14. The summed E-state index contributed by atoms with van der Waals surface area (Å²) in [6, 6.07) is 12.1. The second-order valence-corrected chi connectivity index (χ2v) is 6.73. The third kappa shape index (κ3) is 4.56. The summed E-state index contributed by atoms with van der Waals surface area (Å²) in [7, 11) is 0. The van der Waals surface area contributed by atoms with Crippen molar-refractivity contribution in [3.05, 3.63) is 63.7 Å². The van der Waals surface area contributed by atoms with Gasteiger partial charge in [0, 0.05) is 22.7 Å². The van der Waals surface area contributed by atoms with E-state index in [0.29, 0.717) is 0 Å². The molecule has 0 radical (unpaired) electrons. The number of nitrogens with one attached hydrogen (secondary N) is 1. The molecule has 0 saturated heterocycles. The third-order valence-electron chi connectivity index (χ3n) is 3.37. The molecule has 120 valence electrons. The van der Waals surface area contributed by atoms with E-state index in [2.05, 4.69) is 5.32 Å². The minimum atomic E-state index is -0.440. The van der Waals surface area contributed by atoms with E-state index < -0.39 is 4.92 Å². The molecule has 1 atom stereocenters. The number of anilines is 1. The third-order valence-corrected chi connectivity index (χ3v) is 4.48. The lowest BCUT2D eigenvalue weighted by atomic mass is 10.1. The molecular formula is C17H18N2O3S. The van der Waals surface area contributed by atoms with Gasteiger partial charge in [0.15, 0.2) is 0 Å². The van der Waals surface area contributed by atoms with Crippen LogP contribution in [0, 0.1) is 24.0 Å². The summed E-state index contributed by atoms with van der Waals surface area (Å²) < 4.78 is 0. The summed E-state index contributed by atoms with van der Waals surface area (Å²) in [5.41, 5.74) is 3.01. The molecule has 0 saturated carbocycles. The molecule has 6 heteroatoms. The number of non-ortho nitro benzene ring substituents is 1. The van der Waals surface area contributed by atoms with Crippen LogP contribution in [0.25, 0.3) is 0 Å². The molecule has 0 aliphatic carbocycles. The average Bonchev–Trinajstić information content (AvgIpc) is 2.50. The standard InChI is InChI=1S/C17H18N2O3S/c1-11-4-9-16(12(2)10-11)18-17(20)13(3)23-15-7-5-14(6-8-15)19(21)22/h4-10,13H,1-3H3,(H,18,20)/t13-/m1/s1. The van der Waals surface area contributed by atoms with E-state index in [1.54, 1.807) is 12.1 Å². The number of rotatable bonds is 5. The summed E-state index contributed by atoms with van der Waals surface area (Å²) >= 11 is 1.37. The molecule has 5 nitrogen and oxygen atoms in total. The van der Waals surface area contributed by atoms with Crippen LogP contribution in [0.4, 0.5) is 11.4 Å². The number of thioether (sulfide) groups is 1. The number of amides is 1. The van der Waals surface area contributed by atoms with Gasteiger partial charge < -0.3 is 5.32 Å². The van der Waals surface area contributed by atoms with E-state index >= 15 is 0 Å². The van der Waals surface area contributed by atoms with Crippen LogP contribution in [0.5, 0.6) is 0 Å². The van der Waals surface area contributed by atoms with Gasteiger partial charge in [-0.3, -0.25) is 14.9 Å². The first kappa shape index (κ1) is 17.0. The molecule has 0 aromatic heterocycles. The van der Waals surface area contributed by atoms with Gasteiger partial charge in [0.2, 0.25) is 5.91 Å². The molecular weight excluding hydrogens is 312 g/mol. The largest absolute Gasteiger partial charge is 0.325 e. The monoisotopic (exact) mass is 330 g/mol. The summed E-state index contributed by atoms with van der Waals surface area (Å²) in [4.78, 5) is 23.3. The highest BCUT2D eigenvalue weighted by atomic mass is 32.2. The molecule has 0 aliphatic heterocycles. The Morgan fingerprint density at radius 1 is 1.17 bits per heavy atom. The Hall–Kier alpha value is -2.34. The van der Waals surface area contributed by atoms with Gasteiger partial charge in [0.05, 0.1) is 10.2 Å². The number of hydrogen-bond acceptors (Lipinski definition) is 4. The molecule has 0 heterocycles. The fraction of sp³-hybridized carbons (Fsp3) is 0.235. The van der Waals surface area contributed by atoms with E-state index in [0.717, 1.165) is 21.7 Å². The summed E-state index contributed by atoms with van der Waals surface area (Å²) in [6.07, 6.45) is 0. The molecule has 0 spiro atoms. The van der Waals surface area contributed by atoms with Crippen LogP contribution in [0.1, 0.15) is 18.1 Å². The first-order chi connectivity index (χ1) is 10.9. The van der Waals surface area contributed by atoms with E-state index in [-0.39, 0.29) is 16.8 Å². The molecule has 1 amide bonds. The maximum atomic E-state index is 12.3. The number of nitro benzene ring substituents is 1. The molecule has 0 fully saturated rings. The number of nitro groups is 1. The minimum absolute atomic E-state index is 0.0433. The second-order valence-electron chi connectivity index (χ2n) is 5.32. The highest BCUT2D eigenvalue weighted by Gasteiger charge is 2.16. The van der Waals surface area contributed by atoms with Gasteiger partial charge >= 0.3 is 0 Å². The summed E-state index contributed by atoms with van der Waals surface area (Å²) in [5.74, 6) is -0.0969. The maximum Gasteiger partial charge on any atom is 0.269 e. The minimum Gasteiger partial charge on any atom is -0.325 e. The number of aryl methyl sites for hydroxylation is 2. The zero-order chi connectivity index (χ0) is 17.0. The molecule has 0 unspecified atom stereocenters. The van der Waals surface area contributed by atoms with Gasteiger partial charge in [-0.2, -0.15) is 0 Å². The van der Waals surface area contributed by atoms with Crippen LogP contribution in [-0.4, -0.2) is 16.1 Å². The zero-order valence-electron chi connectivity index (χ0n) is 13.2. The number of nitrogens with zero attached hydrogens (tertiary/aromatic N) is 1. The van der Waals surface area contributed by atoms with E-state index in [9.17, 15) is 14.9 Å². The Labute approximate surface area is 139 Å². The molecule has 0 aliphatic rings. The van der Waals surface area contributed by atoms with Crippen LogP contribution in [0.15, 0.2) is 47.4 Å². The fourth-order valence-electron chi connectivity index (χ4n) is 2.09. The van der Waals surface area contributed by atoms with Crippen molar-refractivity contribution in [1.82, 2.24) is 0 Å². The molecule has 2 aromatic rings. The maximum absolute atomic E-state index is 12.3. The molecule has 1 N–H and O–H groups in total. The molecule has 2 rings (SSSR count). The van der Waals surface area contributed by atoms with Crippen LogP contribution < -0.4 is 5.32 Å². The second kappa shape index (κ2) is 7.28. The van der Waals surface area contributed by atoms with Crippen molar-refractivity contribution in [3.8, 4) is 0 Å². The van der Waals surface area contributed by atoms with Crippen molar-refractivity contribution < 1.29 is 9.72 Å². The van der Waals surface area contributed by atoms with Crippen molar-refractivity contribution in [2.45, 2.75) is 30.9 Å². The topological polar surface area (TPSA) is 72.2 Å². The van der Waals surface area contributed by atoms with E-state index in [1.165, 1.54) is 23.9 Å². The quantitative estimate of drug-likeness (QED) is 0.503. The van der Waals surface area contributed by atoms with E-state index in [4.69, 9.17) is 0 Å². The molecule has 23 heavy (non-hydrogen) atoms. The number of hydrogen-bond donors (Lipinski definition) is 1. The Morgan fingerprint density at radius 3 is 2.39 bits per heavy atom. The van der Waals surface area contributed by atoms with Crippen LogP contribution in [0.3, 0.4) is 0 Å². The van der Waals surface area contributed by atoms with Crippen molar-refractivity contribution in [2.75, 3.05) is 5.32 Å². The van der Waals surface area contributed by atoms with Gasteiger partial charge in [0.1, 0.15) is 0 Å². The first-order valence-electron chi connectivity index (χ1n) is 7.16. The first-order valence-corrected chi connectivity index (χ1v) is 8.04. The predicted molar refractivity (Wildman–Crippen MR) is 93.0 cm³/mol. The van der Waals surface area contributed by atoms with Crippen LogP contribution in [0.2, 0.25) is 0 Å². The Bertz CT molecular complexity index is 729. The smallest absolute Gasteiger partial charge is 0.269 e. The van der Waals surface area contributed by atoms with Gasteiger partial charge in [-0.05, 0) is 44.5 Å². The van der Waals surface area contributed by atoms with Crippen molar-refractivity contribution >= 4 is 29.0 Å². The van der Waals surface area contributed by atoms with Gasteiger partial charge in [0.25, 0.3) is 5.69 Å². The molecule has 0 bridgehead atoms. The van der Waals surface area contributed by atoms with Crippen molar-refractivity contribution in [1.29, 1.82) is 0 Å². The highest BCUT2D eigenvalue weighted by Crippen LogP contribution is 2.26. The average molecular weight is 330 g/mol. The van der Waals surface area contributed by atoms with Gasteiger partial charge in [-0.15, -0.1) is 11.8 Å². The van der Waals surface area contributed by atoms with E-state index in [1.807, 2.05) is 39.0 Å². The molecule has 2 aromatic carbocycles. The predicted octanol–water partition coefficient (Wildman–Crippen LogP) is 4.33. The van der Waals surface area contributed by atoms with Crippen molar-refractivity contribution in [2.24, 2.45) is 0 Å². The van der Waals surface area contributed by atoms with Crippen molar-refractivity contribution in [3.63, 3.8) is 0 Å². The SMILES string of the molecule is Cc1ccc(NC(=O)[C@@H](C)Sc2ccc([N+](=O)[O-])cc2)c(C)c1.